The average molecular weight is 327 g/mol. The van der Waals surface area contributed by atoms with Crippen LogP contribution in [-0.4, -0.2) is 34.4 Å². The Morgan fingerprint density at radius 2 is 1.18 bits per heavy atom. The Hall–Kier alpha value is -1.08. The highest BCUT2D eigenvalue weighted by Gasteiger charge is 2.46. The molecule has 5 nitrogen and oxygen atoms in total. The molecule has 0 fully saturated rings. The maximum absolute atomic E-state index is 6.07. The maximum atomic E-state index is 6.07. The Balaban J connectivity index is 3.03. The van der Waals surface area contributed by atoms with Crippen LogP contribution in [0, 0.1) is 0 Å². The second kappa shape index (κ2) is 8.52. The van der Waals surface area contributed by atoms with E-state index < -0.39 is 8.97 Å². The maximum Gasteiger partial charge on any atom is 0.631 e. The molecule has 22 heavy (non-hydrogen) atoms. The van der Waals surface area contributed by atoms with E-state index in [9.17, 15) is 0 Å². The van der Waals surface area contributed by atoms with Gasteiger partial charge in [0.1, 0.15) is 5.75 Å². The fourth-order valence-corrected chi connectivity index (χ4v) is 4.68. The first kappa shape index (κ1) is 19.0. The monoisotopic (exact) mass is 327 g/mol. The molecule has 1 aromatic carbocycles. The summed E-state index contributed by atoms with van der Waals surface area (Å²) in [5.74, 6) is 0.803. The summed E-state index contributed by atoms with van der Waals surface area (Å²) >= 11 is 0. The number of ether oxygens (including phenoxy) is 1. The van der Waals surface area contributed by atoms with Gasteiger partial charge in [-0.05, 0) is 65.8 Å². The van der Waals surface area contributed by atoms with Gasteiger partial charge in [-0.3, -0.25) is 0 Å². The highest BCUT2D eigenvalue weighted by atomic mass is 28.4. The zero-order valence-corrected chi connectivity index (χ0v) is 15.7. The highest BCUT2D eigenvalue weighted by Crippen LogP contribution is 2.22. The topological polar surface area (TPSA) is 49.0 Å². The molecule has 0 bridgehead atoms. The Morgan fingerprint density at radius 1 is 0.773 bits per heavy atom. The number of hydrogen-bond acceptors (Lipinski definition) is 5. The van der Waals surface area contributed by atoms with Gasteiger partial charge < -0.3 is 23.0 Å². The summed E-state index contributed by atoms with van der Waals surface area (Å²) in [6, 6.07) is 7.64. The lowest BCUT2D eigenvalue weighted by atomic mass is 10.3. The zero-order valence-electron chi connectivity index (χ0n) is 14.7. The van der Waals surface area contributed by atoms with E-state index in [4.69, 9.17) is 18.0 Å². The minimum Gasteiger partial charge on any atom is -0.497 e. The van der Waals surface area contributed by atoms with Crippen LogP contribution in [0.2, 0.25) is 0 Å². The summed E-state index contributed by atoms with van der Waals surface area (Å²) in [7, 11) is -1.40. The summed E-state index contributed by atoms with van der Waals surface area (Å²) in [6.45, 7) is 11.9. The van der Waals surface area contributed by atoms with Crippen molar-refractivity contribution in [2.24, 2.45) is 0 Å². The molecule has 0 amide bonds. The number of rotatable bonds is 9. The van der Waals surface area contributed by atoms with E-state index in [0.29, 0.717) is 0 Å². The number of benzene rings is 1. The van der Waals surface area contributed by atoms with Gasteiger partial charge in [-0.25, -0.2) is 0 Å². The van der Waals surface area contributed by atoms with Gasteiger partial charge in [0.25, 0.3) is 0 Å². The van der Waals surface area contributed by atoms with Gasteiger partial charge in [0, 0.05) is 24.0 Å². The van der Waals surface area contributed by atoms with Gasteiger partial charge in [-0.15, -0.1) is 0 Å². The van der Waals surface area contributed by atoms with Crippen LogP contribution in [0.1, 0.15) is 41.5 Å². The van der Waals surface area contributed by atoms with Gasteiger partial charge in [-0.1, -0.05) is 0 Å². The van der Waals surface area contributed by atoms with Gasteiger partial charge in [-0.2, -0.15) is 0 Å². The molecule has 126 valence electrons. The molecule has 0 atom stereocenters. The van der Waals surface area contributed by atoms with Crippen LogP contribution in [-0.2, 0) is 13.3 Å². The Morgan fingerprint density at radius 3 is 1.50 bits per heavy atom. The first-order chi connectivity index (χ1) is 10.3. The van der Waals surface area contributed by atoms with Crippen LogP contribution >= 0.6 is 0 Å². The van der Waals surface area contributed by atoms with Crippen molar-refractivity contribution >= 4 is 14.7 Å². The van der Waals surface area contributed by atoms with E-state index in [2.05, 4.69) is 4.98 Å². The van der Waals surface area contributed by atoms with Crippen LogP contribution < -0.4 is 9.72 Å². The van der Waals surface area contributed by atoms with E-state index in [1.807, 2.05) is 65.8 Å². The fourth-order valence-electron chi connectivity index (χ4n) is 1.95. The van der Waals surface area contributed by atoms with Crippen molar-refractivity contribution in [3.8, 4) is 5.75 Å². The summed E-state index contributed by atoms with van der Waals surface area (Å²) in [5, 5.41) is 0. The summed E-state index contributed by atoms with van der Waals surface area (Å²) in [5.41, 5.74) is 0.884. The molecule has 0 spiro atoms. The van der Waals surface area contributed by atoms with E-state index in [-0.39, 0.29) is 18.3 Å². The van der Waals surface area contributed by atoms with Crippen molar-refractivity contribution in [2.45, 2.75) is 59.9 Å². The Bertz CT molecular complexity index is 408. The molecule has 0 heterocycles. The zero-order chi connectivity index (χ0) is 16.8. The molecule has 1 rings (SSSR count). The van der Waals surface area contributed by atoms with Gasteiger partial charge >= 0.3 is 8.97 Å². The normalized spacial score (nSPS) is 12.3. The molecular weight excluding hydrogens is 298 g/mol. The fraction of sp³-hybridized carbons (Fsp3) is 0.625. The van der Waals surface area contributed by atoms with Gasteiger partial charge in [0.05, 0.1) is 7.11 Å². The molecular formula is C16H29NO4Si. The van der Waals surface area contributed by atoms with Crippen molar-refractivity contribution in [2.75, 3.05) is 12.1 Å². The van der Waals surface area contributed by atoms with Crippen LogP contribution in [0.25, 0.3) is 0 Å². The smallest absolute Gasteiger partial charge is 0.497 e. The molecule has 1 N–H and O–H groups in total. The van der Waals surface area contributed by atoms with Crippen LogP contribution in [0.4, 0.5) is 5.69 Å². The Labute approximate surface area is 135 Å². The lowest BCUT2D eigenvalue weighted by Gasteiger charge is -2.34. The predicted molar refractivity (Wildman–Crippen MR) is 91.0 cm³/mol. The van der Waals surface area contributed by atoms with E-state index in [0.717, 1.165) is 11.4 Å². The molecule has 0 aliphatic carbocycles. The number of methoxy groups -OCH3 is 1. The van der Waals surface area contributed by atoms with Crippen molar-refractivity contribution in [1.29, 1.82) is 0 Å². The lowest BCUT2D eigenvalue weighted by Crippen LogP contribution is -2.57. The molecule has 0 saturated carbocycles. The molecule has 1 aromatic rings. The lowest BCUT2D eigenvalue weighted by molar-refractivity contribution is 0.00913. The van der Waals surface area contributed by atoms with Gasteiger partial charge in [0.2, 0.25) is 0 Å². The largest absolute Gasteiger partial charge is 0.631 e. The SMILES string of the molecule is COc1ccc(N[Si](OC(C)C)(OC(C)C)OC(C)C)cc1. The molecule has 0 unspecified atom stereocenters. The quantitative estimate of drug-likeness (QED) is 0.699. The molecule has 6 heteroatoms. The van der Waals surface area contributed by atoms with Crippen molar-refractivity contribution in [1.82, 2.24) is 0 Å². The number of hydrogen-bond donors (Lipinski definition) is 1. The van der Waals surface area contributed by atoms with Crippen molar-refractivity contribution in [3.63, 3.8) is 0 Å². The third-order valence-corrected chi connectivity index (χ3v) is 5.50. The van der Waals surface area contributed by atoms with E-state index >= 15 is 0 Å². The second-order valence-electron chi connectivity index (χ2n) is 5.91. The summed E-state index contributed by atoms with van der Waals surface area (Å²) in [4.78, 5) is 3.35. The Kier molecular flexibility index (Phi) is 7.35. The first-order valence-corrected chi connectivity index (χ1v) is 9.44. The highest BCUT2D eigenvalue weighted by molar-refractivity contribution is 6.64. The molecule has 0 aliphatic rings. The van der Waals surface area contributed by atoms with E-state index in [1.54, 1.807) is 7.11 Å². The number of anilines is 1. The molecule has 0 aromatic heterocycles. The molecule has 0 radical (unpaired) electrons. The first-order valence-electron chi connectivity index (χ1n) is 7.72. The second-order valence-corrected chi connectivity index (χ2v) is 7.98. The van der Waals surface area contributed by atoms with Crippen LogP contribution in [0.5, 0.6) is 5.75 Å². The van der Waals surface area contributed by atoms with Crippen molar-refractivity contribution in [3.05, 3.63) is 24.3 Å². The standard InChI is InChI=1S/C16H29NO4Si/c1-12(2)19-22(20-13(3)4,21-14(5)6)17-15-8-10-16(18-7)11-9-15/h8-14,17H,1-7H3. The van der Waals surface area contributed by atoms with E-state index in [1.165, 1.54) is 0 Å². The molecule has 0 aliphatic heterocycles. The predicted octanol–water partition coefficient (Wildman–Crippen LogP) is 3.82. The van der Waals surface area contributed by atoms with Crippen molar-refractivity contribution < 1.29 is 18.0 Å². The summed E-state index contributed by atoms with van der Waals surface area (Å²) < 4.78 is 23.4. The summed E-state index contributed by atoms with van der Waals surface area (Å²) in [6.07, 6.45) is -0.0141. The third kappa shape index (κ3) is 6.35. The minimum atomic E-state index is -3.04. The minimum absolute atomic E-state index is 0.00471. The average Bonchev–Trinajstić information content (AvgIpc) is 2.36. The number of nitrogens with one attached hydrogen (secondary N) is 1. The van der Waals surface area contributed by atoms with Crippen LogP contribution in [0.3, 0.4) is 0 Å². The van der Waals surface area contributed by atoms with Gasteiger partial charge in [0.15, 0.2) is 0 Å². The van der Waals surface area contributed by atoms with Crippen LogP contribution in [0.15, 0.2) is 24.3 Å². The third-order valence-electron chi connectivity index (χ3n) is 2.56. The molecule has 0 saturated heterocycles.